The van der Waals surface area contributed by atoms with Crippen LogP contribution < -0.4 is 0 Å². The van der Waals surface area contributed by atoms with Gasteiger partial charge in [-0.15, -0.1) is 22.7 Å². The maximum absolute atomic E-state index is 2.46. The van der Waals surface area contributed by atoms with Crippen LogP contribution in [0.15, 0.2) is 194 Å². The Morgan fingerprint density at radius 3 is 1.47 bits per heavy atom. The number of fused-ring (bicyclic) bond motifs is 13. The number of benzene rings is 11. The molecule has 0 aliphatic heterocycles. The molecule has 2 heterocycles. The van der Waals surface area contributed by atoms with Gasteiger partial charge in [-0.2, -0.15) is 0 Å². The summed E-state index contributed by atoms with van der Waals surface area (Å²) in [5, 5.41) is 18.2. The van der Waals surface area contributed by atoms with Crippen LogP contribution in [0, 0.1) is 0 Å². The molecule has 0 saturated carbocycles. The molecule has 0 radical (unpaired) electrons. The molecule has 13 aromatic rings. The van der Waals surface area contributed by atoms with Crippen molar-refractivity contribution in [1.82, 2.24) is 0 Å². The predicted octanol–water partition coefficient (Wildman–Crippen LogP) is 17.2. The van der Waals surface area contributed by atoms with E-state index < -0.39 is 0 Å². The van der Waals surface area contributed by atoms with Gasteiger partial charge in [0.25, 0.3) is 0 Å². The molecule has 0 aliphatic carbocycles. The van der Waals surface area contributed by atoms with Gasteiger partial charge in [-0.1, -0.05) is 170 Å². The van der Waals surface area contributed by atoms with Crippen molar-refractivity contribution in [2.75, 3.05) is 0 Å². The third kappa shape index (κ3) is 4.56. The van der Waals surface area contributed by atoms with Gasteiger partial charge in [0.1, 0.15) is 0 Å². The van der Waals surface area contributed by atoms with E-state index in [0.717, 1.165) is 0 Å². The fourth-order valence-electron chi connectivity index (χ4n) is 9.95. The number of hydrogen-bond donors (Lipinski definition) is 0. The van der Waals surface area contributed by atoms with Crippen LogP contribution in [-0.4, -0.2) is 0 Å². The van der Waals surface area contributed by atoms with Crippen molar-refractivity contribution in [3.05, 3.63) is 194 Å². The highest BCUT2D eigenvalue weighted by atomic mass is 32.1. The smallest absolute Gasteiger partial charge is 0.0448 e. The monoisotopic (exact) mass is 768 g/mol. The number of thiophene rings is 2. The van der Waals surface area contributed by atoms with Crippen molar-refractivity contribution < 1.29 is 0 Å². The van der Waals surface area contributed by atoms with Gasteiger partial charge < -0.3 is 0 Å². The lowest BCUT2D eigenvalue weighted by Gasteiger charge is -2.20. The summed E-state index contributed by atoms with van der Waals surface area (Å²) in [6.07, 6.45) is 0. The molecule has 0 aliphatic rings. The minimum atomic E-state index is 1.25. The number of hydrogen-bond acceptors (Lipinski definition) is 2. The van der Waals surface area contributed by atoms with Gasteiger partial charge in [0.05, 0.1) is 0 Å². The Balaban J connectivity index is 1.05. The SMILES string of the molecule is c1ccc2c(-c3c4ccccc4c(-c4ccc(-c5ccc6sc7ccc8c(sc9ccc%10ccccc%10c98)c7c6c5)c5ccccc45)c4ccccc34)cccc2c1. The Labute approximate surface area is 342 Å². The highest BCUT2D eigenvalue weighted by Gasteiger charge is 2.21. The first kappa shape index (κ1) is 32.3. The van der Waals surface area contributed by atoms with E-state index >= 15 is 0 Å². The predicted molar refractivity (Wildman–Crippen MR) is 256 cm³/mol. The molecule has 0 bridgehead atoms. The Morgan fingerprint density at radius 2 is 0.759 bits per heavy atom. The Kier molecular flexibility index (Phi) is 6.86. The zero-order valence-corrected chi connectivity index (χ0v) is 32.9. The average Bonchev–Trinajstić information content (AvgIpc) is 3.86. The summed E-state index contributed by atoms with van der Waals surface area (Å²) < 4.78 is 5.42. The fourth-order valence-corrected chi connectivity index (χ4v) is 12.4. The van der Waals surface area contributed by atoms with Crippen molar-refractivity contribution >= 4 is 117 Å². The van der Waals surface area contributed by atoms with E-state index in [-0.39, 0.29) is 0 Å². The van der Waals surface area contributed by atoms with Crippen LogP contribution in [0.1, 0.15) is 0 Å². The highest BCUT2D eigenvalue weighted by Crippen LogP contribution is 2.50. The van der Waals surface area contributed by atoms with Gasteiger partial charge in [0.15, 0.2) is 0 Å². The van der Waals surface area contributed by atoms with Gasteiger partial charge >= 0.3 is 0 Å². The summed E-state index contributed by atoms with van der Waals surface area (Å²) in [4.78, 5) is 0. The molecular formula is C56H32S2. The van der Waals surface area contributed by atoms with Crippen LogP contribution in [0.5, 0.6) is 0 Å². The second kappa shape index (κ2) is 12.3. The van der Waals surface area contributed by atoms with Gasteiger partial charge in [-0.05, 0) is 112 Å². The first-order valence-electron chi connectivity index (χ1n) is 19.9. The van der Waals surface area contributed by atoms with Crippen molar-refractivity contribution in [3.63, 3.8) is 0 Å². The Hall–Kier alpha value is -6.84. The van der Waals surface area contributed by atoms with E-state index in [1.165, 1.54) is 128 Å². The zero-order valence-electron chi connectivity index (χ0n) is 31.3. The Bertz CT molecular complexity index is 3800. The molecule has 13 rings (SSSR count). The first-order valence-corrected chi connectivity index (χ1v) is 21.6. The van der Waals surface area contributed by atoms with Crippen molar-refractivity contribution in [1.29, 1.82) is 0 Å². The lowest BCUT2D eigenvalue weighted by molar-refractivity contribution is 1.67. The Morgan fingerprint density at radius 1 is 0.259 bits per heavy atom. The van der Waals surface area contributed by atoms with Crippen LogP contribution in [0.3, 0.4) is 0 Å². The van der Waals surface area contributed by atoms with Crippen molar-refractivity contribution in [2.45, 2.75) is 0 Å². The quantitative estimate of drug-likeness (QED) is 0.157. The van der Waals surface area contributed by atoms with Gasteiger partial charge in [-0.25, -0.2) is 0 Å². The largest absolute Gasteiger partial charge is 0.135 e. The molecule has 0 atom stereocenters. The summed E-state index contributed by atoms with van der Waals surface area (Å²) in [7, 11) is 0. The normalized spacial score (nSPS) is 12.1. The molecule has 2 aromatic heterocycles. The van der Waals surface area contributed by atoms with Crippen molar-refractivity contribution in [2.24, 2.45) is 0 Å². The fraction of sp³-hybridized carbons (Fsp3) is 0. The molecule has 0 fully saturated rings. The molecule has 11 aromatic carbocycles. The summed E-state index contributed by atoms with van der Waals surface area (Å²) in [6, 6.07) is 72.5. The lowest BCUT2D eigenvalue weighted by Crippen LogP contribution is -1.93. The van der Waals surface area contributed by atoms with Gasteiger partial charge in [0, 0.05) is 40.3 Å². The second-order valence-electron chi connectivity index (χ2n) is 15.5. The molecule has 0 nitrogen and oxygen atoms in total. The average molecular weight is 769 g/mol. The molecule has 0 N–H and O–H groups in total. The minimum absolute atomic E-state index is 1.25. The molecule has 0 saturated heterocycles. The molecule has 268 valence electrons. The molecule has 0 unspecified atom stereocenters. The highest BCUT2D eigenvalue weighted by molar-refractivity contribution is 7.30. The van der Waals surface area contributed by atoms with E-state index in [1.807, 2.05) is 22.7 Å². The third-order valence-electron chi connectivity index (χ3n) is 12.5. The summed E-state index contributed by atoms with van der Waals surface area (Å²) in [5.74, 6) is 0. The van der Waals surface area contributed by atoms with Crippen LogP contribution in [0.4, 0.5) is 0 Å². The first-order chi connectivity index (χ1) is 28.8. The summed E-state index contributed by atoms with van der Waals surface area (Å²) in [5.41, 5.74) is 7.63. The molecular weight excluding hydrogens is 737 g/mol. The van der Waals surface area contributed by atoms with Crippen LogP contribution in [-0.2, 0) is 0 Å². The van der Waals surface area contributed by atoms with E-state index in [1.54, 1.807) is 0 Å². The second-order valence-corrected chi connectivity index (χ2v) is 17.6. The zero-order chi connectivity index (χ0) is 37.9. The van der Waals surface area contributed by atoms with E-state index in [2.05, 4.69) is 194 Å². The molecule has 0 spiro atoms. The lowest BCUT2D eigenvalue weighted by atomic mass is 9.83. The standard InChI is InChI=1S/C56H32S2/c1-3-15-36-33(12-1)14-11-23-41(36)52-42-19-7-9-21-44(42)53(45-22-10-8-20-43(45)52)46-27-26-37(39-17-5-6-18-40(39)46)35-25-29-49-48(32-35)55-51(57-49)31-28-47-54-38-16-4-2-13-34(38)24-30-50(54)58-56(47)55/h1-32H. The van der Waals surface area contributed by atoms with E-state index in [4.69, 9.17) is 0 Å². The maximum atomic E-state index is 2.46. The molecule has 58 heavy (non-hydrogen) atoms. The van der Waals surface area contributed by atoms with Gasteiger partial charge in [0.2, 0.25) is 0 Å². The van der Waals surface area contributed by atoms with E-state index in [9.17, 15) is 0 Å². The topological polar surface area (TPSA) is 0 Å². The molecule has 0 amide bonds. The maximum Gasteiger partial charge on any atom is 0.0448 e. The van der Waals surface area contributed by atoms with Crippen LogP contribution in [0.25, 0.3) is 128 Å². The summed E-state index contributed by atoms with van der Waals surface area (Å²) >= 11 is 3.84. The third-order valence-corrected chi connectivity index (χ3v) is 14.8. The van der Waals surface area contributed by atoms with Crippen LogP contribution >= 0.6 is 22.7 Å². The minimum Gasteiger partial charge on any atom is -0.135 e. The van der Waals surface area contributed by atoms with Crippen LogP contribution in [0.2, 0.25) is 0 Å². The van der Waals surface area contributed by atoms with Crippen molar-refractivity contribution in [3.8, 4) is 33.4 Å². The number of rotatable bonds is 3. The summed E-state index contributed by atoms with van der Waals surface area (Å²) in [6.45, 7) is 0. The molecule has 2 heteroatoms. The van der Waals surface area contributed by atoms with E-state index in [0.29, 0.717) is 0 Å². The van der Waals surface area contributed by atoms with Gasteiger partial charge in [-0.3, -0.25) is 0 Å².